The molecule has 0 aromatic carbocycles. The molecule has 72 valence electrons. The van der Waals surface area contributed by atoms with Crippen molar-refractivity contribution in [2.45, 2.75) is 32.7 Å². The fourth-order valence-corrected chi connectivity index (χ4v) is 0.629. The van der Waals surface area contributed by atoms with E-state index in [1.54, 1.807) is 6.92 Å². The standard InChI is InChI=1S/C8H16O4/c1-5-6-7(9)12-8(2,10-3)11-4/h5-6H2,1-4H3. The van der Waals surface area contributed by atoms with Crippen LogP contribution in [0.25, 0.3) is 0 Å². The average molecular weight is 176 g/mol. The Bertz CT molecular complexity index is 140. The number of rotatable bonds is 5. The minimum atomic E-state index is -1.24. The van der Waals surface area contributed by atoms with E-state index in [1.807, 2.05) is 6.92 Å². The average Bonchev–Trinajstić information content (AvgIpc) is 2.05. The van der Waals surface area contributed by atoms with Gasteiger partial charge < -0.3 is 14.2 Å². The molecule has 4 nitrogen and oxygen atoms in total. The second kappa shape index (κ2) is 5.11. The van der Waals surface area contributed by atoms with E-state index in [4.69, 9.17) is 14.2 Å². The lowest BCUT2D eigenvalue weighted by Crippen LogP contribution is -2.35. The summed E-state index contributed by atoms with van der Waals surface area (Å²) >= 11 is 0. The molecule has 0 aliphatic heterocycles. The van der Waals surface area contributed by atoms with E-state index in [2.05, 4.69) is 0 Å². The van der Waals surface area contributed by atoms with Crippen LogP contribution < -0.4 is 0 Å². The predicted molar refractivity (Wildman–Crippen MR) is 43.4 cm³/mol. The van der Waals surface area contributed by atoms with Gasteiger partial charge in [-0.25, -0.2) is 0 Å². The maximum absolute atomic E-state index is 11.0. The predicted octanol–water partition coefficient (Wildman–Crippen LogP) is 1.30. The van der Waals surface area contributed by atoms with Gasteiger partial charge in [-0.3, -0.25) is 4.79 Å². The fourth-order valence-electron chi connectivity index (χ4n) is 0.629. The van der Waals surface area contributed by atoms with Gasteiger partial charge >= 0.3 is 11.9 Å². The fraction of sp³-hybridized carbons (Fsp3) is 0.875. The van der Waals surface area contributed by atoms with Gasteiger partial charge in [0.2, 0.25) is 0 Å². The number of ether oxygens (including phenoxy) is 3. The van der Waals surface area contributed by atoms with Gasteiger partial charge in [0.25, 0.3) is 0 Å². The zero-order chi connectivity index (χ0) is 9.61. The van der Waals surface area contributed by atoms with Crippen molar-refractivity contribution in [1.82, 2.24) is 0 Å². The van der Waals surface area contributed by atoms with Crippen molar-refractivity contribution in [3.8, 4) is 0 Å². The Labute approximate surface area is 72.8 Å². The van der Waals surface area contributed by atoms with E-state index in [-0.39, 0.29) is 5.97 Å². The van der Waals surface area contributed by atoms with E-state index in [0.717, 1.165) is 6.42 Å². The Morgan fingerprint density at radius 2 is 1.83 bits per heavy atom. The van der Waals surface area contributed by atoms with Crippen LogP contribution in [-0.2, 0) is 19.0 Å². The minimum Gasteiger partial charge on any atom is -0.408 e. The molecule has 0 aromatic heterocycles. The normalized spacial score (nSPS) is 11.3. The van der Waals surface area contributed by atoms with Gasteiger partial charge in [-0.2, -0.15) is 0 Å². The molecule has 0 saturated carbocycles. The summed E-state index contributed by atoms with van der Waals surface area (Å²) in [4.78, 5) is 11.0. The molecule has 0 atom stereocenters. The molecule has 12 heavy (non-hydrogen) atoms. The van der Waals surface area contributed by atoms with Crippen molar-refractivity contribution in [2.24, 2.45) is 0 Å². The number of hydrogen-bond donors (Lipinski definition) is 0. The first-order valence-electron chi connectivity index (χ1n) is 3.90. The van der Waals surface area contributed by atoms with E-state index in [1.165, 1.54) is 14.2 Å². The van der Waals surface area contributed by atoms with Crippen molar-refractivity contribution >= 4 is 5.97 Å². The molecule has 0 fully saturated rings. The van der Waals surface area contributed by atoms with Gasteiger partial charge in [0.1, 0.15) is 0 Å². The minimum absolute atomic E-state index is 0.316. The van der Waals surface area contributed by atoms with Crippen LogP contribution in [0.15, 0.2) is 0 Å². The first kappa shape index (κ1) is 11.4. The van der Waals surface area contributed by atoms with Gasteiger partial charge in [-0.05, 0) is 6.42 Å². The smallest absolute Gasteiger partial charge is 0.325 e. The quantitative estimate of drug-likeness (QED) is 0.468. The lowest BCUT2D eigenvalue weighted by atomic mass is 10.3. The maximum atomic E-state index is 11.0. The van der Waals surface area contributed by atoms with Crippen molar-refractivity contribution in [3.05, 3.63) is 0 Å². The van der Waals surface area contributed by atoms with Crippen LogP contribution in [0.5, 0.6) is 0 Å². The van der Waals surface area contributed by atoms with E-state index >= 15 is 0 Å². The van der Waals surface area contributed by atoms with E-state index in [9.17, 15) is 4.79 Å². The Kier molecular flexibility index (Phi) is 4.85. The molecule has 0 aromatic rings. The topological polar surface area (TPSA) is 44.8 Å². The highest BCUT2D eigenvalue weighted by molar-refractivity contribution is 5.69. The van der Waals surface area contributed by atoms with Crippen LogP contribution in [0.3, 0.4) is 0 Å². The molecule has 0 spiro atoms. The zero-order valence-corrected chi connectivity index (χ0v) is 8.05. The highest BCUT2D eigenvalue weighted by Crippen LogP contribution is 2.12. The summed E-state index contributed by atoms with van der Waals surface area (Å²) < 4.78 is 14.6. The molecular formula is C8H16O4. The molecule has 0 heterocycles. The van der Waals surface area contributed by atoms with Gasteiger partial charge in [-0.15, -0.1) is 0 Å². The Balaban J connectivity index is 3.93. The third-order valence-corrected chi connectivity index (χ3v) is 1.49. The molecule has 0 N–H and O–H groups in total. The molecule has 0 saturated heterocycles. The summed E-state index contributed by atoms with van der Waals surface area (Å²) in [5, 5.41) is 0. The second-order valence-corrected chi connectivity index (χ2v) is 2.49. The first-order valence-corrected chi connectivity index (χ1v) is 3.90. The Morgan fingerprint density at radius 3 is 2.17 bits per heavy atom. The van der Waals surface area contributed by atoms with E-state index in [0.29, 0.717) is 6.42 Å². The molecule has 0 aliphatic rings. The lowest BCUT2D eigenvalue weighted by Gasteiger charge is -2.25. The number of carbonyl (C=O) groups excluding carboxylic acids is 1. The highest BCUT2D eigenvalue weighted by atomic mass is 16.9. The number of hydrogen-bond acceptors (Lipinski definition) is 4. The maximum Gasteiger partial charge on any atom is 0.325 e. The van der Waals surface area contributed by atoms with Crippen molar-refractivity contribution < 1.29 is 19.0 Å². The Morgan fingerprint density at radius 1 is 1.33 bits per heavy atom. The number of methoxy groups -OCH3 is 2. The van der Waals surface area contributed by atoms with Crippen LogP contribution in [0.1, 0.15) is 26.7 Å². The van der Waals surface area contributed by atoms with Crippen LogP contribution in [-0.4, -0.2) is 26.2 Å². The lowest BCUT2D eigenvalue weighted by molar-refractivity contribution is -0.332. The molecule has 0 radical (unpaired) electrons. The summed E-state index contributed by atoms with van der Waals surface area (Å²) in [6.07, 6.45) is 1.13. The third kappa shape index (κ3) is 3.69. The molecule has 4 heteroatoms. The summed E-state index contributed by atoms with van der Waals surface area (Å²) in [6, 6.07) is 0. The van der Waals surface area contributed by atoms with Crippen LogP contribution in [0, 0.1) is 0 Å². The van der Waals surface area contributed by atoms with Crippen LogP contribution >= 0.6 is 0 Å². The summed E-state index contributed by atoms with van der Waals surface area (Å²) in [5.41, 5.74) is 0. The van der Waals surface area contributed by atoms with Crippen molar-refractivity contribution in [2.75, 3.05) is 14.2 Å². The van der Waals surface area contributed by atoms with Gasteiger partial charge in [0, 0.05) is 27.6 Å². The Hall–Kier alpha value is -0.610. The monoisotopic (exact) mass is 176 g/mol. The zero-order valence-electron chi connectivity index (χ0n) is 8.05. The SMILES string of the molecule is CCCC(=O)OC(C)(OC)OC. The number of carbonyl (C=O) groups is 1. The first-order chi connectivity index (χ1) is 5.58. The second-order valence-electron chi connectivity index (χ2n) is 2.49. The molecule has 0 bridgehead atoms. The van der Waals surface area contributed by atoms with Crippen LogP contribution in [0.4, 0.5) is 0 Å². The largest absolute Gasteiger partial charge is 0.408 e. The highest BCUT2D eigenvalue weighted by Gasteiger charge is 2.27. The summed E-state index contributed by atoms with van der Waals surface area (Å²) in [7, 11) is 2.84. The third-order valence-electron chi connectivity index (χ3n) is 1.49. The van der Waals surface area contributed by atoms with Crippen molar-refractivity contribution in [3.63, 3.8) is 0 Å². The molecule has 0 unspecified atom stereocenters. The molecule has 0 rings (SSSR count). The summed E-state index contributed by atoms with van der Waals surface area (Å²) in [6.45, 7) is 3.44. The van der Waals surface area contributed by atoms with Gasteiger partial charge in [0.15, 0.2) is 0 Å². The van der Waals surface area contributed by atoms with Crippen molar-refractivity contribution in [1.29, 1.82) is 0 Å². The van der Waals surface area contributed by atoms with Crippen LogP contribution in [0.2, 0.25) is 0 Å². The number of esters is 1. The summed E-state index contributed by atoms with van der Waals surface area (Å²) in [5.74, 6) is -1.56. The van der Waals surface area contributed by atoms with Gasteiger partial charge in [-0.1, -0.05) is 6.92 Å². The van der Waals surface area contributed by atoms with E-state index < -0.39 is 5.97 Å². The van der Waals surface area contributed by atoms with Gasteiger partial charge in [0.05, 0.1) is 0 Å². The molecular weight excluding hydrogens is 160 g/mol. The molecule has 0 aliphatic carbocycles. The molecule has 0 amide bonds.